The van der Waals surface area contributed by atoms with Crippen molar-refractivity contribution in [2.75, 3.05) is 18.8 Å². The first-order valence-corrected chi connectivity index (χ1v) is 14.3. The van der Waals surface area contributed by atoms with Crippen LogP contribution in [0, 0.1) is 0 Å². The molecule has 0 spiro atoms. The number of hydrogen-bond donors (Lipinski definition) is 1. The number of aromatic nitrogens is 5. The van der Waals surface area contributed by atoms with E-state index in [0.29, 0.717) is 40.5 Å². The lowest BCUT2D eigenvalue weighted by Crippen LogP contribution is -2.41. The Morgan fingerprint density at radius 3 is 2.34 bits per heavy atom. The number of imide groups is 1. The summed E-state index contributed by atoms with van der Waals surface area (Å²) in [7, 11) is 0. The van der Waals surface area contributed by atoms with E-state index >= 15 is 0 Å². The van der Waals surface area contributed by atoms with Crippen LogP contribution < -0.4 is 5.32 Å². The third-order valence-electron chi connectivity index (χ3n) is 6.94. The Labute approximate surface area is 240 Å². The number of imidazole rings is 1. The minimum Gasteiger partial charge on any atom is -0.355 e. The van der Waals surface area contributed by atoms with Crippen LogP contribution in [0.5, 0.6) is 0 Å². The van der Waals surface area contributed by atoms with E-state index in [1.807, 2.05) is 69.9 Å². The predicted octanol–water partition coefficient (Wildman–Crippen LogP) is 3.75. The first-order valence-electron chi connectivity index (χ1n) is 13.3. The number of amides is 3. The van der Waals surface area contributed by atoms with E-state index in [1.165, 1.54) is 16.7 Å². The fourth-order valence-corrected chi connectivity index (χ4v) is 5.78. The van der Waals surface area contributed by atoms with Crippen molar-refractivity contribution >= 4 is 40.3 Å². The van der Waals surface area contributed by atoms with Crippen molar-refractivity contribution in [2.45, 2.75) is 24.5 Å². The van der Waals surface area contributed by atoms with E-state index in [-0.39, 0.29) is 30.0 Å². The lowest BCUT2D eigenvalue weighted by atomic mass is 9.94. The second-order valence-electron chi connectivity index (χ2n) is 9.58. The first-order chi connectivity index (χ1) is 20.1. The van der Waals surface area contributed by atoms with E-state index in [1.54, 1.807) is 24.7 Å². The molecule has 10 nitrogen and oxygen atoms in total. The molecule has 5 aromatic rings. The Kier molecular flexibility index (Phi) is 7.59. The normalized spacial score (nSPS) is 12.7. The highest BCUT2D eigenvalue weighted by Crippen LogP contribution is 2.30. The van der Waals surface area contributed by atoms with Gasteiger partial charge >= 0.3 is 0 Å². The van der Waals surface area contributed by atoms with Crippen molar-refractivity contribution in [1.29, 1.82) is 0 Å². The third kappa shape index (κ3) is 5.48. The number of carbonyl (C=O) groups is 3. The molecule has 41 heavy (non-hydrogen) atoms. The maximum absolute atomic E-state index is 13.4. The summed E-state index contributed by atoms with van der Waals surface area (Å²) in [6, 6.07) is 20.6. The van der Waals surface area contributed by atoms with Crippen molar-refractivity contribution < 1.29 is 14.4 Å². The van der Waals surface area contributed by atoms with Crippen LogP contribution >= 0.6 is 11.8 Å². The van der Waals surface area contributed by atoms with Crippen molar-refractivity contribution in [2.24, 2.45) is 0 Å². The molecule has 11 heteroatoms. The van der Waals surface area contributed by atoms with Crippen molar-refractivity contribution in [3.63, 3.8) is 0 Å². The van der Waals surface area contributed by atoms with Gasteiger partial charge in [-0.15, -0.1) is 10.2 Å². The molecule has 3 heterocycles. The molecule has 0 atom stereocenters. The first kappa shape index (κ1) is 26.5. The minimum absolute atomic E-state index is 0.0952. The number of rotatable bonds is 11. The average molecular weight is 566 g/mol. The number of hydrogen-bond acceptors (Lipinski definition) is 7. The van der Waals surface area contributed by atoms with Crippen molar-refractivity contribution in [3.05, 3.63) is 102 Å². The molecule has 0 bridgehead atoms. The smallest absolute Gasteiger partial charge is 0.261 e. The fourth-order valence-electron chi connectivity index (χ4n) is 4.98. The molecule has 0 radical (unpaired) electrons. The summed E-state index contributed by atoms with van der Waals surface area (Å²) in [6.07, 6.45) is 6.47. The summed E-state index contributed by atoms with van der Waals surface area (Å²) in [4.78, 5) is 44.5. The van der Waals surface area contributed by atoms with Gasteiger partial charge in [-0.1, -0.05) is 54.2 Å². The molecule has 206 valence electrons. The Balaban J connectivity index is 1.15. The summed E-state index contributed by atoms with van der Waals surface area (Å²) in [5.41, 5.74) is 1.88. The van der Waals surface area contributed by atoms with Gasteiger partial charge in [0.2, 0.25) is 5.91 Å². The van der Waals surface area contributed by atoms with E-state index in [0.717, 1.165) is 24.0 Å². The second-order valence-corrected chi connectivity index (χ2v) is 10.5. The number of nitrogens with zero attached hydrogens (tertiary/aromatic N) is 6. The van der Waals surface area contributed by atoms with Gasteiger partial charge in [0.15, 0.2) is 5.16 Å². The lowest BCUT2D eigenvalue weighted by Gasteiger charge is -2.27. The molecule has 6 rings (SSSR count). The molecule has 0 saturated heterocycles. The summed E-state index contributed by atoms with van der Waals surface area (Å²) in [6.45, 7) is 1.49. The lowest BCUT2D eigenvalue weighted by molar-refractivity contribution is -0.118. The molecule has 1 aliphatic rings. The van der Waals surface area contributed by atoms with Crippen LogP contribution in [0.25, 0.3) is 16.5 Å². The Bertz CT molecular complexity index is 1670. The molecule has 2 aromatic heterocycles. The molecular weight excluding hydrogens is 538 g/mol. The zero-order valence-corrected chi connectivity index (χ0v) is 23.0. The predicted molar refractivity (Wildman–Crippen MR) is 155 cm³/mol. The minimum atomic E-state index is -0.315. The van der Waals surface area contributed by atoms with Gasteiger partial charge in [0.1, 0.15) is 5.82 Å². The van der Waals surface area contributed by atoms with Crippen LogP contribution in [0.3, 0.4) is 0 Å². The summed E-state index contributed by atoms with van der Waals surface area (Å²) < 4.78 is 3.85. The molecule has 1 N–H and O–H groups in total. The van der Waals surface area contributed by atoms with E-state index in [9.17, 15) is 14.4 Å². The molecule has 3 amide bonds. The molecule has 1 aliphatic heterocycles. The molecular formula is C30H27N7O3S. The van der Waals surface area contributed by atoms with E-state index < -0.39 is 0 Å². The van der Waals surface area contributed by atoms with E-state index in [4.69, 9.17) is 0 Å². The zero-order chi connectivity index (χ0) is 28.2. The van der Waals surface area contributed by atoms with Crippen LogP contribution in [0.15, 0.2) is 90.6 Å². The topological polar surface area (TPSA) is 115 Å². The summed E-state index contributed by atoms with van der Waals surface area (Å²) >= 11 is 1.29. The number of para-hydroxylation sites is 1. The van der Waals surface area contributed by atoms with Gasteiger partial charge in [-0.3, -0.25) is 23.9 Å². The van der Waals surface area contributed by atoms with Gasteiger partial charge in [-0.25, -0.2) is 4.98 Å². The highest BCUT2D eigenvalue weighted by molar-refractivity contribution is 7.99. The van der Waals surface area contributed by atoms with Gasteiger partial charge in [-0.2, -0.15) is 0 Å². The van der Waals surface area contributed by atoms with Gasteiger partial charge < -0.3 is 9.88 Å². The number of benzene rings is 3. The number of thioether (sulfide) groups is 1. The van der Waals surface area contributed by atoms with Crippen LogP contribution in [-0.4, -0.2) is 65.8 Å². The van der Waals surface area contributed by atoms with Crippen LogP contribution in [0.1, 0.15) is 33.0 Å². The standard InChI is InChI=1S/C30H27N7O3S/c38-26(32-14-6-16-35-18-15-31-20-35)19-41-30-34-33-25(37(30)22-9-2-1-3-10-22)13-17-36-28(39)23-11-4-7-21-8-5-12-24(27(21)23)29(36)40/h1-5,7-12,15,18,20H,6,13-14,16-17,19H2,(H,32,38). The number of aryl methyl sites for hydroxylation is 1. The van der Waals surface area contributed by atoms with Gasteiger partial charge in [0, 0.05) is 60.6 Å². The molecule has 3 aromatic carbocycles. The molecule has 0 saturated carbocycles. The summed E-state index contributed by atoms with van der Waals surface area (Å²) in [5.74, 6) is 0.0490. The van der Waals surface area contributed by atoms with Gasteiger partial charge in [0.05, 0.1) is 12.1 Å². The van der Waals surface area contributed by atoms with Crippen LogP contribution in [0.2, 0.25) is 0 Å². The summed E-state index contributed by atoms with van der Waals surface area (Å²) in [5, 5.41) is 13.8. The number of nitrogens with one attached hydrogen (secondary N) is 1. The highest BCUT2D eigenvalue weighted by atomic mass is 32.2. The quantitative estimate of drug-likeness (QED) is 0.147. The van der Waals surface area contributed by atoms with Crippen molar-refractivity contribution in [1.82, 2.24) is 34.5 Å². The Morgan fingerprint density at radius 2 is 1.63 bits per heavy atom. The Morgan fingerprint density at radius 1 is 0.878 bits per heavy atom. The second kappa shape index (κ2) is 11.8. The van der Waals surface area contributed by atoms with Gasteiger partial charge in [0.25, 0.3) is 11.8 Å². The monoisotopic (exact) mass is 565 g/mol. The third-order valence-corrected chi connectivity index (χ3v) is 7.87. The average Bonchev–Trinajstić information content (AvgIpc) is 3.67. The fraction of sp³-hybridized carbons (Fsp3) is 0.200. The zero-order valence-electron chi connectivity index (χ0n) is 22.1. The molecule has 0 fully saturated rings. The van der Waals surface area contributed by atoms with Crippen LogP contribution in [0.4, 0.5) is 0 Å². The highest BCUT2D eigenvalue weighted by Gasteiger charge is 2.32. The Hall–Kier alpha value is -4.77. The molecule has 0 unspecified atom stereocenters. The number of carbonyl (C=O) groups excluding carboxylic acids is 3. The molecule has 0 aliphatic carbocycles. The van der Waals surface area contributed by atoms with E-state index in [2.05, 4.69) is 20.5 Å². The van der Waals surface area contributed by atoms with Gasteiger partial charge in [-0.05, 0) is 36.1 Å². The maximum atomic E-state index is 13.4. The maximum Gasteiger partial charge on any atom is 0.261 e. The van der Waals surface area contributed by atoms with Crippen molar-refractivity contribution in [3.8, 4) is 5.69 Å². The largest absolute Gasteiger partial charge is 0.355 e. The van der Waals surface area contributed by atoms with Crippen LogP contribution in [-0.2, 0) is 17.8 Å². The SMILES string of the molecule is O=C(CSc1nnc(CCN2C(=O)c3cccc4cccc(c34)C2=O)n1-c1ccccc1)NCCCn1ccnc1.